The normalized spacial score (nSPS) is 19.9. The van der Waals surface area contributed by atoms with Crippen molar-refractivity contribution in [1.82, 2.24) is 4.98 Å². The van der Waals surface area contributed by atoms with E-state index in [-0.39, 0.29) is 17.4 Å². The Morgan fingerprint density at radius 2 is 1.83 bits per heavy atom. The van der Waals surface area contributed by atoms with Crippen molar-refractivity contribution >= 4 is 29.2 Å². The first-order chi connectivity index (χ1) is 16.9. The van der Waals surface area contributed by atoms with Gasteiger partial charge in [0.05, 0.1) is 16.0 Å². The molecule has 5 nitrogen and oxygen atoms in total. The molecule has 2 atom stereocenters. The van der Waals surface area contributed by atoms with Crippen molar-refractivity contribution in [3.05, 3.63) is 106 Å². The van der Waals surface area contributed by atoms with Crippen LogP contribution in [0.15, 0.2) is 79.1 Å². The Morgan fingerprint density at radius 1 is 1.06 bits per heavy atom. The summed E-state index contributed by atoms with van der Waals surface area (Å²) in [5.41, 5.74) is 6.70. The van der Waals surface area contributed by atoms with E-state index in [0.29, 0.717) is 17.0 Å². The minimum Gasteiger partial charge on any atom is -0.478 e. The van der Waals surface area contributed by atoms with Crippen LogP contribution in [0.1, 0.15) is 39.4 Å². The maximum absolute atomic E-state index is 13.2. The summed E-state index contributed by atoms with van der Waals surface area (Å²) in [5.74, 6) is -1.10. The molecule has 2 heterocycles. The first-order valence-corrected chi connectivity index (χ1v) is 11.8. The third-order valence-electron chi connectivity index (χ3n) is 7.29. The number of fused-ring (bicyclic) bond motifs is 2. The van der Waals surface area contributed by atoms with Gasteiger partial charge in [0.15, 0.2) is 0 Å². The number of aryl methyl sites for hydroxylation is 1. The molecular weight excluding hydrogens is 460 g/mol. The molecular formula is C29H21ClN2O3. The summed E-state index contributed by atoms with van der Waals surface area (Å²) < 4.78 is 0. The highest BCUT2D eigenvalue weighted by molar-refractivity contribution is 6.34. The van der Waals surface area contributed by atoms with Gasteiger partial charge in [-0.15, -0.1) is 0 Å². The first kappa shape index (κ1) is 21.6. The topological polar surface area (TPSA) is 79.3 Å². The molecule has 2 aliphatic rings. The number of hydrogen-bond acceptors (Lipinski definition) is 3. The zero-order valence-corrected chi connectivity index (χ0v) is 19.6. The molecule has 1 aliphatic heterocycles. The number of halogens is 1. The van der Waals surface area contributed by atoms with E-state index < -0.39 is 11.4 Å². The molecule has 172 valence electrons. The van der Waals surface area contributed by atoms with Gasteiger partial charge in [0.1, 0.15) is 0 Å². The van der Waals surface area contributed by atoms with Gasteiger partial charge in [0, 0.05) is 29.6 Å². The number of benzene rings is 3. The van der Waals surface area contributed by atoms with Crippen LogP contribution in [0.3, 0.4) is 0 Å². The summed E-state index contributed by atoms with van der Waals surface area (Å²) in [6.07, 6.45) is 4.21. The number of carbonyl (C=O) groups excluding carboxylic acids is 1. The molecule has 1 aliphatic carbocycles. The van der Waals surface area contributed by atoms with Crippen molar-refractivity contribution in [1.29, 1.82) is 0 Å². The Bertz CT molecular complexity index is 1520. The van der Waals surface area contributed by atoms with Gasteiger partial charge in [-0.05, 0) is 71.0 Å². The number of anilines is 1. The third kappa shape index (κ3) is 3.34. The number of rotatable bonds is 4. The molecule has 0 bridgehead atoms. The summed E-state index contributed by atoms with van der Waals surface area (Å²) in [6, 6.07) is 21.3. The molecule has 2 N–H and O–H groups in total. The number of nitrogens with zero attached hydrogens (tertiary/aromatic N) is 1. The molecule has 1 saturated carbocycles. The second kappa shape index (κ2) is 7.79. The maximum atomic E-state index is 13.2. The number of carboxylic acids is 1. The number of carboxylic acid groups (broad SMARTS) is 1. The van der Waals surface area contributed by atoms with Crippen molar-refractivity contribution in [2.75, 3.05) is 5.32 Å². The molecule has 4 aromatic rings. The Balaban J connectivity index is 1.38. The van der Waals surface area contributed by atoms with Gasteiger partial charge in [-0.3, -0.25) is 9.78 Å². The van der Waals surface area contributed by atoms with Crippen molar-refractivity contribution in [3.63, 3.8) is 0 Å². The summed E-state index contributed by atoms with van der Waals surface area (Å²) in [5, 5.41) is 13.1. The van der Waals surface area contributed by atoms with E-state index >= 15 is 0 Å². The van der Waals surface area contributed by atoms with Crippen LogP contribution in [-0.4, -0.2) is 22.0 Å². The average Bonchev–Trinajstić information content (AvgIpc) is 3.55. The number of nitrogens with one attached hydrogen (secondary N) is 1. The van der Waals surface area contributed by atoms with Crippen LogP contribution in [0.5, 0.6) is 0 Å². The lowest BCUT2D eigenvalue weighted by molar-refractivity contribution is -0.118. The predicted molar refractivity (Wildman–Crippen MR) is 136 cm³/mol. The summed E-state index contributed by atoms with van der Waals surface area (Å²) >= 11 is 6.66. The minimum atomic E-state index is -0.959. The van der Waals surface area contributed by atoms with E-state index in [9.17, 15) is 14.7 Å². The standard InChI is InChI=1S/C29H21ClN2O3/c1-16-4-5-19(11-21(16)27(33)34)24-14-29(24)23-12-22(25(30)13-26(23)32-28(29)35)18-8-6-17(7-9-18)20-3-2-10-31-15-20/h2-13,15,24H,14H2,1H3,(H,32,35)(H,33,34). The van der Waals surface area contributed by atoms with Crippen LogP contribution in [0.25, 0.3) is 22.3 Å². The second-order valence-electron chi connectivity index (χ2n) is 9.26. The highest BCUT2D eigenvalue weighted by Gasteiger charge is 2.65. The Morgan fingerprint density at radius 3 is 2.54 bits per heavy atom. The quantitative estimate of drug-likeness (QED) is 0.351. The van der Waals surface area contributed by atoms with Crippen molar-refractivity contribution in [2.24, 2.45) is 0 Å². The smallest absolute Gasteiger partial charge is 0.335 e. The Hall–Kier alpha value is -3.96. The molecule has 35 heavy (non-hydrogen) atoms. The lowest BCUT2D eigenvalue weighted by Crippen LogP contribution is -2.21. The molecule has 1 aromatic heterocycles. The molecule has 0 saturated heterocycles. The van der Waals surface area contributed by atoms with Gasteiger partial charge in [-0.2, -0.15) is 0 Å². The van der Waals surface area contributed by atoms with Gasteiger partial charge in [-0.1, -0.05) is 54.1 Å². The van der Waals surface area contributed by atoms with Crippen LogP contribution in [0, 0.1) is 6.92 Å². The van der Waals surface area contributed by atoms with Gasteiger partial charge >= 0.3 is 5.97 Å². The van der Waals surface area contributed by atoms with Crippen LogP contribution in [0.2, 0.25) is 5.02 Å². The van der Waals surface area contributed by atoms with Crippen molar-refractivity contribution in [2.45, 2.75) is 24.7 Å². The summed E-state index contributed by atoms with van der Waals surface area (Å²) in [4.78, 5) is 29.0. The van der Waals surface area contributed by atoms with Crippen LogP contribution < -0.4 is 5.32 Å². The van der Waals surface area contributed by atoms with E-state index in [1.807, 2.05) is 66.9 Å². The number of hydrogen-bond donors (Lipinski definition) is 2. The fraction of sp³-hybridized carbons (Fsp3) is 0.138. The Kier molecular flexibility index (Phi) is 4.80. The lowest BCUT2D eigenvalue weighted by Gasteiger charge is -2.13. The van der Waals surface area contributed by atoms with Gasteiger partial charge < -0.3 is 10.4 Å². The predicted octanol–water partition coefficient (Wildman–Crippen LogP) is 6.45. The van der Waals surface area contributed by atoms with E-state index in [1.54, 1.807) is 19.2 Å². The van der Waals surface area contributed by atoms with Crippen LogP contribution >= 0.6 is 11.6 Å². The van der Waals surface area contributed by atoms with E-state index in [0.717, 1.165) is 39.1 Å². The third-order valence-corrected chi connectivity index (χ3v) is 7.60. The Labute approximate surface area is 207 Å². The SMILES string of the molecule is Cc1ccc(C2CC23C(=O)Nc2cc(Cl)c(-c4ccc(-c5cccnc5)cc4)cc23)cc1C(=O)O. The molecule has 0 radical (unpaired) electrons. The van der Waals surface area contributed by atoms with E-state index in [4.69, 9.17) is 11.6 Å². The van der Waals surface area contributed by atoms with Gasteiger partial charge in [-0.25, -0.2) is 4.79 Å². The zero-order valence-electron chi connectivity index (χ0n) is 18.9. The highest BCUT2D eigenvalue weighted by Crippen LogP contribution is 2.65. The van der Waals surface area contributed by atoms with Crippen LogP contribution in [-0.2, 0) is 10.2 Å². The highest BCUT2D eigenvalue weighted by atomic mass is 35.5. The van der Waals surface area contributed by atoms with Crippen molar-refractivity contribution in [3.8, 4) is 22.3 Å². The second-order valence-corrected chi connectivity index (χ2v) is 9.67. The summed E-state index contributed by atoms with van der Waals surface area (Å²) in [7, 11) is 0. The maximum Gasteiger partial charge on any atom is 0.335 e. The van der Waals surface area contributed by atoms with Gasteiger partial charge in [0.2, 0.25) is 5.91 Å². The molecule has 3 aromatic carbocycles. The first-order valence-electron chi connectivity index (χ1n) is 11.4. The van der Waals surface area contributed by atoms with E-state index in [2.05, 4.69) is 10.3 Å². The number of aromatic carboxylic acids is 1. The lowest BCUT2D eigenvalue weighted by atomic mass is 9.89. The molecule has 6 rings (SSSR count). The van der Waals surface area contributed by atoms with Crippen LogP contribution in [0.4, 0.5) is 5.69 Å². The number of amides is 1. The van der Waals surface area contributed by atoms with Gasteiger partial charge in [0.25, 0.3) is 0 Å². The zero-order chi connectivity index (χ0) is 24.3. The fourth-order valence-electron chi connectivity index (χ4n) is 5.30. The molecule has 2 unspecified atom stereocenters. The fourth-order valence-corrected chi connectivity index (χ4v) is 5.57. The number of carbonyl (C=O) groups is 2. The minimum absolute atomic E-state index is 0.0601. The molecule has 1 amide bonds. The summed E-state index contributed by atoms with van der Waals surface area (Å²) in [6.45, 7) is 1.78. The molecule has 1 spiro atoms. The number of aromatic nitrogens is 1. The van der Waals surface area contributed by atoms with E-state index in [1.165, 1.54) is 0 Å². The molecule has 6 heteroatoms. The monoisotopic (exact) mass is 480 g/mol. The number of pyridine rings is 1. The van der Waals surface area contributed by atoms with Crippen molar-refractivity contribution < 1.29 is 14.7 Å². The average molecular weight is 481 g/mol. The molecule has 1 fully saturated rings. The largest absolute Gasteiger partial charge is 0.478 e.